The minimum atomic E-state index is -4.80. The molecule has 1 fully saturated rings. The number of nitrogen functional groups attached to an aromatic ring is 1. The number of aromatic amines is 1. The summed E-state index contributed by atoms with van der Waals surface area (Å²) in [7, 11) is 0. The lowest BCUT2D eigenvalue weighted by Crippen LogP contribution is -2.25. The summed E-state index contributed by atoms with van der Waals surface area (Å²) in [4.78, 5) is 35.0. The zero-order valence-corrected chi connectivity index (χ0v) is 18.2. The van der Waals surface area contributed by atoms with Gasteiger partial charge in [-0.15, -0.1) is 0 Å². The van der Waals surface area contributed by atoms with Gasteiger partial charge in [-0.1, -0.05) is 12.8 Å². The van der Waals surface area contributed by atoms with Crippen LogP contribution in [0.25, 0.3) is 11.0 Å². The number of aromatic nitrogens is 4. The maximum absolute atomic E-state index is 13.1. The number of imidazole rings is 1. The fourth-order valence-corrected chi connectivity index (χ4v) is 4.46. The Morgan fingerprint density at radius 2 is 2.06 bits per heavy atom. The number of aliphatic hydroxyl groups excluding tert-OH is 1. The first-order valence-corrected chi connectivity index (χ1v) is 11.0. The highest BCUT2D eigenvalue weighted by molar-refractivity contribution is 6.02. The van der Waals surface area contributed by atoms with Gasteiger partial charge in [0.25, 0.3) is 5.91 Å². The van der Waals surface area contributed by atoms with E-state index in [0.29, 0.717) is 34.8 Å². The van der Waals surface area contributed by atoms with E-state index in [1.165, 1.54) is 12.3 Å². The van der Waals surface area contributed by atoms with Gasteiger partial charge in [0.05, 0.1) is 11.1 Å². The number of alkyl halides is 3. The van der Waals surface area contributed by atoms with Crippen molar-refractivity contribution in [2.24, 2.45) is 11.8 Å². The molecule has 5 N–H and O–H groups in total. The van der Waals surface area contributed by atoms with Crippen LogP contribution in [0.15, 0.2) is 29.2 Å². The molecule has 9 nitrogen and oxygen atoms in total. The highest BCUT2D eigenvalue weighted by atomic mass is 19.4. The second-order valence-corrected chi connectivity index (χ2v) is 8.58. The Hall–Kier alpha value is -3.41. The molecule has 2 atom stereocenters. The molecule has 34 heavy (non-hydrogen) atoms. The van der Waals surface area contributed by atoms with E-state index < -0.39 is 29.3 Å². The summed E-state index contributed by atoms with van der Waals surface area (Å²) >= 11 is 0. The number of halogens is 3. The van der Waals surface area contributed by atoms with Gasteiger partial charge >= 0.3 is 11.9 Å². The lowest BCUT2D eigenvalue weighted by molar-refractivity contribution is -0.141. The van der Waals surface area contributed by atoms with Gasteiger partial charge in [0.1, 0.15) is 22.8 Å². The summed E-state index contributed by atoms with van der Waals surface area (Å²) in [6.45, 7) is 0.901. The molecular weight excluding hydrogens is 453 g/mol. The largest absolute Gasteiger partial charge is 0.433 e. The number of fused-ring (bicyclic) bond motifs is 1. The number of rotatable bonds is 6. The highest BCUT2D eigenvalue weighted by Gasteiger charge is 2.34. The highest BCUT2D eigenvalue weighted by Crippen LogP contribution is 2.32. The molecule has 1 saturated carbocycles. The molecule has 0 spiro atoms. The van der Waals surface area contributed by atoms with Gasteiger partial charge in [-0.05, 0) is 49.3 Å². The summed E-state index contributed by atoms with van der Waals surface area (Å²) in [6.07, 6.45) is 1.72. The first kappa shape index (κ1) is 23.7. The summed E-state index contributed by atoms with van der Waals surface area (Å²) in [5.74, 6) is 0.0655. The Morgan fingerprint density at radius 1 is 1.29 bits per heavy atom. The van der Waals surface area contributed by atoms with Gasteiger partial charge in [0.15, 0.2) is 0 Å². The van der Waals surface area contributed by atoms with Gasteiger partial charge in [0.2, 0.25) is 0 Å². The van der Waals surface area contributed by atoms with Crippen molar-refractivity contribution < 1.29 is 23.1 Å². The molecule has 0 radical (unpaired) electrons. The standard InChI is InChI=1S/C22H25F3N6O3/c23-22(24,25)16-9-15-18(19(26)29-16)30-21(34)31(15)20(33)14-4-5-17(28-10-14)27-7-6-12-2-1-3-13(8-12)11-32/h4-5,9-10,12-13,32H,1-3,6-8,11H2,(H2,26,29)(H,27,28)(H,30,34). The van der Waals surface area contributed by atoms with Crippen LogP contribution in [-0.2, 0) is 6.18 Å². The van der Waals surface area contributed by atoms with Crippen LogP contribution in [0.5, 0.6) is 0 Å². The number of nitrogens with zero attached hydrogens (tertiary/aromatic N) is 3. The van der Waals surface area contributed by atoms with Gasteiger partial charge in [-0.3, -0.25) is 4.79 Å². The van der Waals surface area contributed by atoms with Crippen molar-refractivity contribution >= 4 is 28.6 Å². The van der Waals surface area contributed by atoms with E-state index in [-0.39, 0.29) is 23.2 Å². The predicted octanol–water partition coefficient (Wildman–Crippen LogP) is 3.01. The summed E-state index contributed by atoms with van der Waals surface area (Å²) in [5.41, 5.74) is 2.90. The topological polar surface area (TPSA) is 139 Å². The minimum Gasteiger partial charge on any atom is -0.396 e. The number of nitrogens with one attached hydrogen (secondary N) is 2. The molecule has 1 aliphatic rings. The third kappa shape index (κ3) is 4.91. The van der Waals surface area contributed by atoms with Gasteiger partial charge in [-0.2, -0.15) is 13.2 Å². The Labute approximate surface area is 192 Å². The Kier molecular flexibility index (Phi) is 6.60. The van der Waals surface area contributed by atoms with Crippen molar-refractivity contribution in [2.45, 2.75) is 38.3 Å². The number of H-pyrrole nitrogens is 1. The molecule has 3 heterocycles. The molecule has 1 aliphatic carbocycles. The molecule has 182 valence electrons. The van der Waals surface area contributed by atoms with Crippen molar-refractivity contribution in [3.05, 3.63) is 46.1 Å². The Balaban J connectivity index is 1.48. The average Bonchev–Trinajstić information content (AvgIpc) is 3.15. The van der Waals surface area contributed by atoms with Gasteiger partial charge in [-0.25, -0.2) is 19.3 Å². The van der Waals surface area contributed by atoms with Crippen LogP contribution in [0.3, 0.4) is 0 Å². The Morgan fingerprint density at radius 3 is 2.74 bits per heavy atom. The van der Waals surface area contributed by atoms with Crippen LogP contribution in [0.2, 0.25) is 0 Å². The van der Waals surface area contributed by atoms with E-state index in [0.717, 1.165) is 32.1 Å². The number of carbonyl (C=O) groups excluding carboxylic acids is 1. The molecule has 3 aromatic heterocycles. The fourth-order valence-electron chi connectivity index (χ4n) is 4.46. The van der Waals surface area contributed by atoms with E-state index in [9.17, 15) is 27.9 Å². The molecule has 0 aliphatic heterocycles. The summed E-state index contributed by atoms with van der Waals surface area (Å²) in [5, 5.41) is 12.5. The maximum Gasteiger partial charge on any atom is 0.433 e. The second-order valence-electron chi connectivity index (χ2n) is 8.58. The fraction of sp³-hybridized carbons (Fsp3) is 0.455. The van der Waals surface area contributed by atoms with E-state index in [1.54, 1.807) is 6.07 Å². The maximum atomic E-state index is 13.1. The number of nitrogens with two attached hydrogens (primary N) is 1. The number of hydrogen-bond donors (Lipinski definition) is 4. The monoisotopic (exact) mass is 478 g/mol. The van der Waals surface area contributed by atoms with Crippen LogP contribution < -0.4 is 16.7 Å². The molecule has 2 unspecified atom stereocenters. The lowest BCUT2D eigenvalue weighted by atomic mass is 9.80. The van der Waals surface area contributed by atoms with Gasteiger partial charge in [0, 0.05) is 19.3 Å². The van der Waals surface area contributed by atoms with Crippen LogP contribution >= 0.6 is 0 Å². The zero-order chi connectivity index (χ0) is 24.5. The van der Waals surface area contributed by atoms with E-state index in [1.807, 2.05) is 0 Å². The zero-order valence-electron chi connectivity index (χ0n) is 18.2. The normalized spacial score (nSPS) is 18.8. The van der Waals surface area contributed by atoms with E-state index >= 15 is 0 Å². The van der Waals surface area contributed by atoms with E-state index in [4.69, 9.17) is 5.73 Å². The van der Waals surface area contributed by atoms with Crippen molar-refractivity contribution in [1.82, 2.24) is 19.5 Å². The third-order valence-corrected chi connectivity index (χ3v) is 6.21. The van der Waals surface area contributed by atoms with E-state index in [2.05, 4.69) is 20.3 Å². The molecular formula is C22H25F3N6O3. The average molecular weight is 478 g/mol. The minimum absolute atomic E-state index is 0.0237. The van der Waals surface area contributed by atoms with Crippen molar-refractivity contribution in [3.8, 4) is 0 Å². The first-order valence-electron chi connectivity index (χ1n) is 11.0. The third-order valence-electron chi connectivity index (χ3n) is 6.21. The quantitative estimate of drug-likeness (QED) is 0.427. The molecule has 12 heteroatoms. The molecule has 0 aromatic carbocycles. The smallest absolute Gasteiger partial charge is 0.396 e. The van der Waals surface area contributed by atoms with Crippen LogP contribution in [-0.4, -0.2) is 43.7 Å². The second kappa shape index (κ2) is 9.45. The Bertz CT molecular complexity index is 1240. The molecule has 0 bridgehead atoms. The van der Waals surface area contributed by atoms with Crippen molar-refractivity contribution in [2.75, 3.05) is 24.2 Å². The molecule has 3 aromatic rings. The van der Waals surface area contributed by atoms with Crippen molar-refractivity contribution in [1.29, 1.82) is 0 Å². The number of pyridine rings is 2. The number of anilines is 2. The summed E-state index contributed by atoms with van der Waals surface area (Å²) in [6, 6.07) is 3.62. The first-order chi connectivity index (χ1) is 16.2. The van der Waals surface area contributed by atoms with Crippen LogP contribution in [0, 0.1) is 11.8 Å². The lowest BCUT2D eigenvalue weighted by Gasteiger charge is -2.27. The molecule has 0 saturated heterocycles. The molecule has 0 amide bonds. The summed E-state index contributed by atoms with van der Waals surface area (Å²) < 4.78 is 40.0. The number of carbonyl (C=O) groups is 1. The van der Waals surface area contributed by atoms with Crippen molar-refractivity contribution in [3.63, 3.8) is 0 Å². The van der Waals surface area contributed by atoms with Gasteiger partial charge < -0.3 is 21.1 Å². The number of aliphatic hydroxyl groups is 1. The number of hydrogen-bond acceptors (Lipinski definition) is 7. The predicted molar refractivity (Wildman–Crippen MR) is 119 cm³/mol. The van der Waals surface area contributed by atoms with Crippen LogP contribution in [0.1, 0.15) is 48.2 Å². The van der Waals surface area contributed by atoms with Crippen LogP contribution in [0.4, 0.5) is 24.8 Å². The molecule has 4 rings (SSSR count). The SMILES string of the molecule is Nc1nc(C(F)(F)F)cc2c1[nH]c(=O)n2C(=O)c1ccc(NCCC2CCCC(CO)C2)nc1.